The summed E-state index contributed by atoms with van der Waals surface area (Å²) in [6, 6.07) is 8.11. The van der Waals surface area contributed by atoms with Crippen LogP contribution >= 0.6 is 0 Å². The van der Waals surface area contributed by atoms with Crippen LogP contribution in [-0.2, 0) is 13.1 Å². The van der Waals surface area contributed by atoms with E-state index in [2.05, 4.69) is 34.9 Å². The summed E-state index contributed by atoms with van der Waals surface area (Å²) in [6.07, 6.45) is 5.28. The smallest absolute Gasteiger partial charge is 0.150 e. The molecule has 136 valence electrons. The van der Waals surface area contributed by atoms with E-state index in [1.807, 2.05) is 35.1 Å². The fraction of sp³-hybridized carbons (Fsp3) is 0.450. The lowest BCUT2D eigenvalue weighted by Crippen LogP contribution is -2.31. The number of aryl methyl sites for hydroxylation is 2. The summed E-state index contributed by atoms with van der Waals surface area (Å²) >= 11 is 0. The largest absolute Gasteiger partial charge is 0.354 e. The molecule has 6 heteroatoms. The van der Waals surface area contributed by atoms with Crippen molar-refractivity contribution in [2.75, 3.05) is 31.1 Å². The zero-order chi connectivity index (χ0) is 17.9. The van der Waals surface area contributed by atoms with Gasteiger partial charge in [-0.05, 0) is 32.4 Å². The van der Waals surface area contributed by atoms with E-state index in [0.717, 1.165) is 68.2 Å². The zero-order valence-electron chi connectivity index (χ0n) is 15.6. The summed E-state index contributed by atoms with van der Waals surface area (Å²) in [7, 11) is 0. The molecule has 0 atom stereocenters. The highest BCUT2D eigenvalue weighted by Crippen LogP contribution is 2.21. The van der Waals surface area contributed by atoms with Crippen molar-refractivity contribution in [3.8, 4) is 0 Å². The van der Waals surface area contributed by atoms with E-state index in [9.17, 15) is 0 Å². The van der Waals surface area contributed by atoms with E-state index in [1.165, 1.54) is 5.56 Å². The van der Waals surface area contributed by atoms with E-state index in [-0.39, 0.29) is 0 Å². The van der Waals surface area contributed by atoms with Crippen molar-refractivity contribution >= 4 is 16.9 Å². The molecule has 6 nitrogen and oxygen atoms in total. The van der Waals surface area contributed by atoms with Crippen molar-refractivity contribution in [3.63, 3.8) is 0 Å². The Hall–Kier alpha value is -2.47. The molecule has 1 aliphatic rings. The normalized spacial score (nSPS) is 16.2. The minimum absolute atomic E-state index is 0.924. The minimum atomic E-state index is 0.924. The first-order valence-electron chi connectivity index (χ1n) is 9.45. The average Bonchev–Trinajstić information content (AvgIpc) is 2.98. The van der Waals surface area contributed by atoms with Crippen LogP contribution in [0.1, 0.15) is 24.6 Å². The summed E-state index contributed by atoms with van der Waals surface area (Å²) < 4.78 is 1.99. The standard InChI is InChI=1S/C20H26N6/c1-3-26-15-17(13-21-26)14-24-9-6-10-25(12-11-24)20-16(2)22-18-7-4-5-8-19(18)23-20/h4-5,7-8,13,15H,3,6,9-12,14H2,1-2H3. The van der Waals surface area contributed by atoms with E-state index in [0.29, 0.717) is 0 Å². The average molecular weight is 350 g/mol. The van der Waals surface area contributed by atoms with E-state index >= 15 is 0 Å². The van der Waals surface area contributed by atoms with Crippen molar-refractivity contribution in [1.82, 2.24) is 24.6 Å². The van der Waals surface area contributed by atoms with Gasteiger partial charge in [-0.3, -0.25) is 9.58 Å². The molecule has 0 unspecified atom stereocenters. The number of anilines is 1. The Kier molecular flexibility index (Phi) is 4.84. The van der Waals surface area contributed by atoms with Gasteiger partial charge in [0.1, 0.15) is 0 Å². The van der Waals surface area contributed by atoms with Crippen molar-refractivity contribution in [3.05, 3.63) is 47.9 Å². The zero-order valence-corrected chi connectivity index (χ0v) is 15.6. The highest BCUT2D eigenvalue weighted by atomic mass is 15.3. The molecule has 3 aromatic rings. The van der Waals surface area contributed by atoms with Crippen LogP contribution in [0.15, 0.2) is 36.7 Å². The first-order chi connectivity index (χ1) is 12.7. The lowest BCUT2D eigenvalue weighted by molar-refractivity contribution is 0.285. The third kappa shape index (κ3) is 3.55. The van der Waals surface area contributed by atoms with Gasteiger partial charge in [0, 0.05) is 51.0 Å². The first kappa shape index (κ1) is 17.0. The van der Waals surface area contributed by atoms with Gasteiger partial charge in [0.15, 0.2) is 5.82 Å². The molecular formula is C20H26N6. The molecule has 0 radical (unpaired) electrons. The Morgan fingerprint density at radius 3 is 2.58 bits per heavy atom. The van der Waals surface area contributed by atoms with Gasteiger partial charge in [0.25, 0.3) is 0 Å². The molecule has 3 heterocycles. The molecule has 4 rings (SSSR count). The molecule has 1 fully saturated rings. The molecule has 0 N–H and O–H groups in total. The third-order valence-electron chi connectivity index (χ3n) is 5.02. The van der Waals surface area contributed by atoms with Crippen LogP contribution in [-0.4, -0.2) is 50.8 Å². The highest BCUT2D eigenvalue weighted by molar-refractivity contribution is 5.76. The summed E-state index contributed by atoms with van der Waals surface area (Å²) in [5.41, 5.74) is 4.25. The van der Waals surface area contributed by atoms with Crippen LogP contribution in [0, 0.1) is 6.92 Å². The minimum Gasteiger partial charge on any atom is -0.354 e. The quantitative estimate of drug-likeness (QED) is 0.724. The van der Waals surface area contributed by atoms with Gasteiger partial charge in [-0.1, -0.05) is 12.1 Å². The lowest BCUT2D eigenvalue weighted by Gasteiger charge is -2.24. The second-order valence-corrected chi connectivity index (χ2v) is 6.94. The van der Waals surface area contributed by atoms with E-state index < -0.39 is 0 Å². The predicted octanol–water partition coefficient (Wildman–Crippen LogP) is 2.87. The second kappa shape index (κ2) is 7.41. The Bertz CT molecular complexity index is 887. The van der Waals surface area contributed by atoms with Gasteiger partial charge in [-0.15, -0.1) is 0 Å². The van der Waals surface area contributed by atoms with Crippen LogP contribution in [0.4, 0.5) is 5.82 Å². The van der Waals surface area contributed by atoms with Gasteiger partial charge in [-0.2, -0.15) is 5.10 Å². The third-order valence-corrected chi connectivity index (χ3v) is 5.02. The molecule has 1 aromatic carbocycles. The second-order valence-electron chi connectivity index (χ2n) is 6.94. The molecule has 2 aromatic heterocycles. The van der Waals surface area contributed by atoms with Crippen molar-refractivity contribution in [2.24, 2.45) is 0 Å². The number of rotatable bonds is 4. The summed E-state index contributed by atoms with van der Waals surface area (Å²) in [4.78, 5) is 14.6. The Labute approximate surface area is 154 Å². The SMILES string of the molecule is CCn1cc(CN2CCCN(c3nc4ccccc4nc3C)CC2)cn1. The molecule has 0 spiro atoms. The fourth-order valence-electron chi connectivity index (χ4n) is 3.64. The Balaban J connectivity index is 1.47. The number of benzene rings is 1. The molecular weight excluding hydrogens is 324 g/mol. The topological polar surface area (TPSA) is 50.1 Å². The van der Waals surface area contributed by atoms with Crippen molar-refractivity contribution < 1.29 is 0 Å². The fourth-order valence-corrected chi connectivity index (χ4v) is 3.64. The van der Waals surface area contributed by atoms with Crippen molar-refractivity contribution in [1.29, 1.82) is 0 Å². The number of fused-ring (bicyclic) bond motifs is 1. The summed E-state index contributed by atoms with van der Waals surface area (Å²) in [6.45, 7) is 10.2. The van der Waals surface area contributed by atoms with Gasteiger partial charge in [0.05, 0.1) is 22.9 Å². The van der Waals surface area contributed by atoms with Crippen LogP contribution in [0.2, 0.25) is 0 Å². The molecule has 1 saturated heterocycles. The Morgan fingerprint density at radius 2 is 1.81 bits per heavy atom. The molecule has 0 saturated carbocycles. The maximum absolute atomic E-state index is 4.90. The van der Waals surface area contributed by atoms with Gasteiger partial charge in [0.2, 0.25) is 0 Å². The van der Waals surface area contributed by atoms with Crippen LogP contribution in [0.5, 0.6) is 0 Å². The number of aromatic nitrogens is 4. The van der Waals surface area contributed by atoms with Crippen LogP contribution in [0.3, 0.4) is 0 Å². The van der Waals surface area contributed by atoms with Gasteiger partial charge in [-0.25, -0.2) is 9.97 Å². The monoisotopic (exact) mass is 350 g/mol. The van der Waals surface area contributed by atoms with Crippen molar-refractivity contribution in [2.45, 2.75) is 33.4 Å². The number of hydrogen-bond donors (Lipinski definition) is 0. The van der Waals surface area contributed by atoms with E-state index in [1.54, 1.807) is 0 Å². The number of nitrogens with zero attached hydrogens (tertiary/aromatic N) is 6. The molecule has 26 heavy (non-hydrogen) atoms. The number of hydrogen-bond acceptors (Lipinski definition) is 5. The van der Waals surface area contributed by atoms with Crippen LogP contribution < -0.4 is 4.90 Å². The number of para-hydroxylation sites is 2. The maximum Gasteiger partial charge on any atom is 0.150 e. The molecule has 1 aliphatic heterocycles. The Morgan fingerprint density at radius 1 is 1.00 bits per heavy atom. The summed E-state index contributed by atoms with van der Waals surface area (Å²) in [5, 5.41) is 4.39. The predicted molar refractivity (Wildman–Crippen MR) is 104 cm³/mol. The van der Waals surface area contributed by atoms with Gasteiger partial charge >= 0.3 is 0 Å². The molecule has 0 amide bonds. The highest BCUT2D eigenvalue weighted by Gasteiger charge is 2.19. The van der Waals surface area contributed by atoms with Crippen LogP contribution in [0.25, 0.3) is 11.0 Å². The first-order valence-corrected chi connectivity index (χ1v) is 9.45. The van der Waals surface area contributed by atoms with E-state index in [4.69, 9.17) is 9.97 Å². The molecule has 0 bridgehead atoms. The maximum atomic E-state index is 4.90. The van der Waals surface area contributed by atoms with Gasteiger partial charge < -0.3 is 4.90 Å². The lowest BCUT2D eigenvalue weighted by atomic mass is 10.2. The summed E-state index contributed by atoms with van der Waals surface area (Å²) in [5.74, 6) is 1.03. The molecule has 0 aliphatic carbocycles.